The predicted octanol–water partition coefficient (Wildman–Crippen LogP) is 6.36. The first-order valence-corrected chi connectivity index (χ1v) is 17.8. The molecule has 5 rings (SSSR count). The van der Waals surface area contributed by atoms with E-state index in [-0.39, 0.29) is 41.1 Å². The molecule has 3 aliphatic rings. The minimum absolute atomic E-state index is 0.0992. The average molecular weight is 694 g/mol. The number of nitrogens with one attached hydrogen (secondary N) is 1. The zero-order chi connectivity index (χ0) is 35.6. The van der Waals surface area contributed by atoms with E-state index in [1.165, 1.54) is 0 Å². The van der Waals surface area contributed by atoms with Crippen LogP contribution in [0.3, 0.4) is 0 Å². The molecule has 11 heteroatoms. The van der Waals surface area contributed by atoms with Crippen LogP contribution in [0.15, 0.2) is 42.5 Å². The molecule has 0 atom stereocenters. The molecule has 2 aromatic rings. The van der Waals surface area contributed by atoms with Crippen LogP contribution in [0, 0.1) is 22.2 Å². The smallest absolute Gasteiger partial charge is 0.410 e. The third kappa shape index (κ3) is 8.62. The monoisotopic (exact) mass is 693 g/mol. The van der Waals surface area contributed by atoms with Crippen molar-refractivity contribution in [3.05, 3.63) is 58.6 Å². The van der Waals surface area contributed by atoms with E-state index >= 15 is 0 Å². The number of carbonyl (C=O) groups excluding carboxylic acids is 2. The molecule has 2 heterocycles. The fourth-order valence-corrected chi connectivity index (χ4v) is 7.96. The molecule has 2 amide bonds. The third-order valence-electron chi connectivity index (χ3n) is 10.2. The zero-order valence-corrected chi connectivity index (χ0v) is 30.8. The van der Waals surface area contributed by atoms with E-state index in [1.54, 1.807) is 23.1 Å². The molecular weight excluding hydrogens is 642 g/mol. The van der Waals surface area contributed by atoms with Crippen LogP contribution in [0.1, 0.15) is 77.2 Å². The number of rotatable bonds is 9. The summed E-state index contributed by atoms with van der Waals surface area (Å²) in [5, 5.41) is 12.8. The minimum atomic E-state index is -0.479. The maximum atomic E-state index is 13.4. The summed E-state index contributed by atoms with van der Waals surface area (Å²) in [4.78, 5) is 32.3. The van der Waals surface area contributed by atoms with Gasteiger partial charge < -0.3 is 29.3 Å². The fourth-order valence-electron chi connectivity index (χ4n) is 7.74. The van der Waals surface area contributed by atoms with Gasteiger partial charge in [-0.05, 0) is 70.0 Å². The molecule has 0 unspecified atom stereocenters. The van der Waals surface area contributed by atoms with E-state index in [4.69, 9.17) is 25.8 Å². The number of halogens is 1. The number of piperidine rings is 1. The second kappa shape index (κ2) is 14.8. The molecule has 1 aliphatic carbocycles. The fraction of sp³-hybridized carbons (Fsp3) is 0.605. The molecular formula is C38H52ClN5O5. The van der Waals surface area contributed by atoms with Crippen LogP contribution >= 0.6 is 11.6 Å². The van der Waals surface area contributed by atoms with Crippen molar-refractivity contribution in [1.29, 1.82) is 5.26 Å². The van der Waals surface area contributed by atoms with Gasteiger partial charge in [-0.25, -0.2) is 4.79 Å². The van der Waals surface area contributed by atoms with Crippen LogP contribution in [0.5, 0.6) is 5.75 Å². The second-order valence-electron chi connectivity index (χ2n) is 15.7. The minimum Gasteiger partial charge on any atom is -0.489 e. The Morgan fingerprint density at radius 1 is 0.959 bits per heavy atom. The lowest BCUT2D eigenvalue weighted by molar-refractivity contribution is -0.164. The molecule has 0 aromatic heterocycles. The second-order valence-corrected chi connectivity index (χ2v) is 16.1. The molecule has 0 bridgehead atoms. The summed E-state index contributed by atoms with van der Waals surface area (Å²) in [6, 6.07) is 15.0. The lowest BCUT2D eigenvalue weighted by Crippen LogP contribution is -2.74. The Labute approximate surface area is 296 Å². The first kappa shape index (κ1) is 36.8. The quantitative estimate of drug-likeness (QED) is 0.323. The largest absolute Gasteiger partial charge is 0.489 e. The van der Waals surface area contributed by atoms with Gasteiger partial charge >= 0.3 is 6.09 Å². The predicted molar refractivity (Wildman–Crippen MR) is 191 cm³/mol. The summed E-state index contributed by atoms with van der Waals surface area (Å²) in [6.07, 6.45) is 1.45. The molecule has 0 spiro atoms. The van der Waals surface area contributed by atoms with Crippen molar-refractivity contribution < 1.29 is 23.8 Å². The van der Waals surface area contributed by atoms with Crippen molar-refractivity contribution in [2.45, 2.75) is 85.2 Å². The normalized spacial score (nSPS) is 22.5. The number of hydrogen-bond donors (Lipinski definition) is 1. The van der Waals surface area contributed by atoms with Crippen LogP contribution in [-0.4, -0.2) is 98.1 Å². The van der Waals surface area contributed by atoms with Gasteiger partial charge in [-0.3, -0.25) is 9.69 Å². The molecule has 1 saturated carbocycles. The highest BCUT2D eigenvalue weighted by atomic mass is 35.5. The number of piperazine rings is 1. The van der Waals surface area contributed by atoms with E-state index in [0.29, 0.717) is 41.6 Å². The van der Waals surface area contributed by atoms with E-state index in [0.717, 1.165) is 51.3 Å². The van der Waals surface area contributed by atoms with Gasteiger partial charge in [-0.1, -0.05) is 39.3 Å². The first-order chi connectivity index (χ1) is 23.1. The van der Waals surface area contributed by atoms with Crippen molar-refractivity contribution >= 4 is 29.3 Å². The highest BCUT2D eigenvalue weighted by molar-refractivity contribution is 6.31. The molecule has 2 saturated heterocycles. The summed E-state index contributed by atoms with van der Waals surface area (Å²) >= 11 is 6.23. The third-order valence-corrected chi connectivity index (χ3v) is 10.5. The number of amides is 2. The zero-order valence-electron chi connectivity index (χ0n) is 30.1. The molecule has 266 valence electrons. The average Bonchev–Trinajstić information content (AvgIpc) is 3.06. The number of carbonyl (C=O) groups is 2. The van der Waals surface area contributed by atoms with Crippen molar-refractivity contribution in [2.24, 2.45) is 10.8 Å². The highest BCUT2D eigenvalue weighted by Crippen LogP contribution is 2.55. The SMILES string of the molecule is CC(C)(C)OC(=O)N1CCC(OCCN2CCN(c3ccc(C(=O)N[C@H]4C(C)(C)[C@H](Oc5ccc(C#N)c(Cl)c5)C4(C)C)cc3)CC2)CC1. The van der Waals surface area contributed by atoms with Gasteiger partial charge in [0.15, 0.2) is 0 Å². The van der Waals surface area contributed by atoms with Gasteiger partial charge in [-0.15, -0.1) is 0 Å². The number of nitriles is 1. The van der Waals surface area contributed by atoms with E-state index in [9.17, 15) is 14.9 Å². The maximum Gasteiger partial charge on any atom is 0.410 e. The van der Waals surface area contributed by atoms with Crippen LogP contribution in [-0.2, 0) is 9.47 Å². The molecule has 49 heavy (non-hydrogen) atoms. The van der Waals surface area contributed by atoms with Crippen LogP contribution < -0.4 is 15.0 Å². The molecule has 0 radical (unpaired) electrons. The van der Waals surface area contributed by atoms with E-state index in [1.807, 2.05) is 45.0 Å². The number of likely N-dealkylation sites (tertiary alicyclic amines) is 1. The van der Waals surface area contributed by atoms with Crippen LogP contribution in [0.25, 0.3) is 0 Å². The van der Waals surface area contributed by atoms with Crippen LogP contribution in [0.4, 0.5) is 10.5 Å². The Kier molecular flexibility index (Phi) is 11.1. The summed E-state index contributed by atoms with van der Waals surface area (Å²) in [7, 11) is 0. The number of anilines is 1. The number of nitrogens with zero attached hydrogens (tertiary/aromatic N) is 4. The summed E-state index contributed by atoms with van der Waals surface area (Å²) < 4.78 is 18.0. The van der Waals surface area contributed by atoms with Crippen LogP contribution in [0.2, 0.25) is 5.02 Å². The van der Waals surface area contributed by atoms with Crippen molar-refractivity contribution in [3.63, 3.8) is 0 Å². The number of hydrogen-bond acceptors (Lipinski definition) is 8. The van der Waals surface area contributed by atoms with Crippen molar-refractivity contribution in [2.75, 3.05) is 57.3 Å². The summed E-state index contributed by atoms with van der Waals surface area (Å²) in [5.41, 5.74) is 1.02. The molecule has 3 fully saturated rings. The lowest BCUT2D eigenvalue weighted by Gasteiger charge is -2.63. The topological polar surface area (TPSA) is 107 Å². The Morgan fingerprint density at radius 3 is 2.16 bits per heavy atom. The molecule has 10 nitrogen and oxygen atoms in total. The van der Waals surface area contributed by atoms with Gasteiger partial charge in [0.05, 0.1) is 23.3 Å². The number of benzene rings is 2. The van der Waals surface area contributed by atoms with Crippen molar-refractivity contribution in [3.8, 4) is 11.8 Å². The van der Waals surface area contributed by atoms with Gasteiger partial charge in [-0.2, -0.15) is 5.26 Å². The standard InChI is InChI=1S/C38H52ClN5O5/c1-36(2,3)49-35(46)44-16-14-29(15-17-44)47-23-22-42-18-20-43(21-19-42)28-11-8-26(9-12-28)32(45)41-33-37(4,5)34(38(33,6)7)48-30-13-10-27(25-40)31(39)24-30/h8-13,24,29,33-34H,14-23H2,1-7H3,(H,41,45)/t33-,34-. The molecule has 1 N–H and O–H groups in total. The van der Waals surface area contributed by atoms with Gasteiger partial charge in [0.25, 0.3) is 5.91 Å². The summed E-state index contributed by atoms with van der Waals surface area (Å²) in [5.74, 6) is 0.511. The molecule has 2 aromatic carbocycles. The lowest BCUT2D eigenvalue weighted by atomic mass is 9.49. The van der Waals surface area contributed by atoms with E-state index < -0.39 is 5.60 Å². The Balaban J connectivity index is 1.03. The van der Waals surface area contributed by atoms with Crippen molar-refractivity contribution in [1.82, 2.24) is 15.1 Å². The Morgan fingerprint density at radius 2 is 1.59 bits per heavy atom. The Bertz CT molecular complexity index is 1500. The van der Waals surface area contributed by atoms with Gasteiger partial charge in [0, 0.05) is 80.0 Å². The van der Waals surface area contributed by atoms with E-state index in [2.05, 4.69) is 48.9 Å². The number of ether oxygens (including phenoxy) is 3. The molecule has 2 aliphatic heterocycles. The Hall–Kier alpha value is -3.52. The summed E-state index contributed by atoms with van der Waals surface area (Å²) in [6.45, 7) is 20.7. The highest BCUT2D eigenvalue weighted by Gasteiger charge is 2.64. The van der Waals surface area contributed by atoms with Gasteiger partial charge in [0.2, 0.25) is 0 Å². The first-order valence-electron chi connectivity index (χ1n) is 17.4. The maximum absolute atomic E-state index is 13.4. The van der Waals surface area contributed by atoms with Gasteiger partial charge in [0.1, 0.15) is 23.5 Å².